The quantitative estimate of drug-likeness (QED) is 0.782. The van der Waals surface area contributed by atoms with Crippen LogP contribution in [0, 0.1) is 12.8 Å². The largest absolute Gasteiger partial charge is 0.480 e. The molecule has 21 heavy (non-hydrogen) atoms. The van der Waals surface area contributed by atoms with Gasteiger partial charge in [-0.2, -0.15) is 0 Å². The number of carbonyl (C=O) groups is 2. The van der Waals surface area contributed by atoms with E-state index in [1.54, 1.807) is 11.3 Å². The van der Waals surface area contributed by atoms with E-state index in [-0.39, 0.29) is 5.92 Å². The molecule has 116 valence electrons. The summed E-state index contributed by atoms with van der Waals surface area (Å²) < 4.78 is 0. The smallest absolute Gasteiger partial charge is 0.326 e. The third kappa shape index (κ3) is 4.46. The van der Waals surface area contributed by atoms with Crippen molar-refractivity contribution in [1.29, 1.82) is 0 Å². The minimum Gasteiger partial charge on any atom is -0.480 e. The normalized spacial score (nSPS) is 17.2. The molecule has 0 spiro atoms. The van der Waals surface area contributed by atoms with Gasteiger partial charge < -0.3 is 15.7 Å². The molecular weight excluding hydrogens is 288 g/mol. The van der Waals surface area contributed by atoms with E-state index in [0.717, 1.165) is 42.5 Å². The number of aryl methyl sites for hydroxylation is 1. The maximum absolute atomic E-state index is 11.9. The van der Waals surface area contributed by atoms with Crippen molar-refractivity contribution in [2.24, 2.45) is 5.92 Å². The van der Waals surface area contributed by atoms with Crippen molar-refractivity contribution in [3.05, 3.63) is 21.9 Å². The fraction of sp³-hybridized carbons (Fsp3) is 0.600. The highest BCUT2D eigenvalue weighted by Crippen LogP contribution is 2.26. The summed E-state index contributed by atoms with van der Waals surface area (Å²) in [6, 6.07) is 0.817. The van der Waals surface area contributed by atoms with Crippen LogP contribution in [0.3, 0.4) is 0 Å². The first-order chi connectivity index (χ1) is 10.1. The minimum atomic E-state index is -0.940. The summed E-state index contributed by atoms with van der Waals surface area (Å²) in [6.07, 6.45) is 5.01. The first-order valence-electron chi connectivity index (χ1n) is 7.38. The molecule has 0 aromatic carbocycles. The molecule has 1 atom stereocenters. The van der Waals surface area contributed by atoms with Crippen molar-refractivity contribution < 1.29 is 14.7 Å². The van der Waals surface area contributed by atoms with Crippen LogP contribution in [0.5, 0.6) is 0 Å². The lowest BCUT2D eigenvalue weighted by Gasteiger charge is -2.28. The Labute approximate surface area is 128 Å². The van der Waals surface area contributed by atoms with E-state index in [9.17, 15) is 14.7 Å². The Balaban J connectivity index is 1.86. The first-order valence-corrected chi connectivity index (χ1v) is 8.26. The average Bonchev–Trinajstić information content (AvgIpc) is 2.88. The number of urea groups is 1. The minimum absolute atomic E-state index is 0.0467. The van der Waals surface area contributed by atoms with Gasteiger partial charge in [0.25, 0.3) is 0 Å². The van der Waals surface area contributed by atoms with E-state index < -0.39 is 18.0 Å². The molecule has 1 fully saturated rings. The number of hydrogen-bond donors (Lipinski definition) is 3. The van der Waals surface area contributed by atoms with Gasteiger partial charge in [-0.1, -0.05) is 19.3 Å². The van der Waals surface area contributed by atoms with Gasteiger partial charge in [0.2, 0.25) is 0 Å². The van der Waals surface area contributed by atoms with Crippen LogP contribution in [-0.2, 0) is 11.3 Å². The SMILES string of the molecule is Cc1ccsc1CNC(=O)NC(C(=O)O)C1CCCCC1. The highest BCUT2D eigenvalue weighted by Gasteiger charge is 2.30. The zero-order valence-electron chi connectivity index (χ0n) is 12.2. The molecular formula is C15H22N2O3S. The Bertz CT molecular complexity index is 495. The van der Waals surface area contributed by atoms with Gasteiger partial charge in [0.1, 0.15) is 6.04 Å². The second-order valence-corrected chi connectivity index (χ2v) is 6.57. The number of amides is 2. The topological polar surface area (TPSA) is 78.4 Å². The molecule has 1 aliphatic rings. The van der Waals surface area contributed by atoms with E-state index in [2.05, 4.69) is 10.6 Å². The Morgan fingerprint density at radius 2 is 2.10 bits per heavy atom. The van der Waals surface area contributed by atoms with Crippen LogP contribution < -0.4 is 10.6 Å². The van der Waals surface area contributed by atoms with Gasteiger partial charge in [-0.3, -0.25) is 0 Å². The summed E-state index contributed by atoms with van der Waals surface area (Å²) in [5, 5.41) is 16.7. The Kier molecular flexibility index (Phi) is 5.61. The lowest BCUT2D eigenvalue weighted by atomic mass is 9.84. The molecule has 1 aliphatic carbocycles. The zero-order chi connectivity index (χ0) is 15.2. The van der Waals surface area contributed by atoms with Crippen LogP contribution in [0.25, 0.3) is 0 Å². The van der Waals surface area contributed by atoms with Crippen LogP contribution >= 0.6 is 11.3 Å². The third-order valence-electron chi connectivity index (χ3n) is 4.05. The van der Waals surface area contributed by atoms with Gasteiger partial charge in [0.15, 0.2) is 0 Å². The van der Waals surface area contributed by atoms with Gasteiger partial charge in [-0.25, -0.2) is 9.59 Å². The number of carboxylic acid groups (broad SMARTS) is 1. The molecule has 6 heteroatoms. The Hall–Kier alpha value is -1.56. The Morgan fingerprint density at radius 3 is 2.67 bits per heavy atom. The standard InChI is InChI=1S/C15H22N2O3S/c1-10-7-8-21-12(10)9-16-15(20)17-13(14(18)19)11-5-3-2-4-6-11/h7-8,11,13H,2-6,9H2,1H3,(H,18,19)(H2,16,17,20). The predicted molar refractivity (Wildman–Crippen MR) is 82.4 cm³/mol. The third-order valence-corrected chi connectivity index (χ3v) is 5.07. The van der Waals surface area contributed by atoms with Gasteiger partial charge in [-0.05, 0) is 42.7 Å². The molecule has 5 nitrogen and oxygen atoms in total. The zero-order valence-corrected chi connectivity index (χ0v) is 13.0. The molecule has 2 amide bonds. The first kappa shape index (κ1) is 15.8. The van der Waals surface area contributed by atoms with Gasteiger partial charge >= 0.3 is 12.0 Å². The summed E-state index contributed by atoms with van der Waals surface area (Å²) in [4.78, 5) is 24.4. The Morgan fingerprint density at radius 1 is 1.38 bits per heavy atom. The van der Waals surface area contributed by atoms with Crippen LogP contribution in [0.15, 0.2) is 11.4 Å². The van der Waals surface area contributed by atoms with E-state index in [1.807, 2.05) is 18.4 Å². The summed E-state index contributed by atoms with van der Waals surface area (Å²) >= 11 is 1.59. The molecule has 0 radical (unpaired) electrons. The number of carboxylic acids is 1. The highest BCUT2D eigenvalue weighted by molar-refractivity contribution is 7.10. The van der Waals surface area contributed by atoms with E-state index in [1.165, 1.54) is 0 Å². The summed E-state index contributed by atoms with van der Waals surface area (Å²) in [6.45, 7) is 2.43. The van der Waals surface area contributed by atoms with E-state index in [4.69, 9.17) is 0 Å². The van der Waals surface area contributed by atoms with E-state index in [0.29, 0.717) is 6.54 Å². The predicted octanol–water partition coefficient (Wildman–Crippen LogP) is 2.89. The summed E-state index contributed by atoms with van der Waals surface area (Å²) in [5.74, 6) is -0.894. The molecule has 1 heterocycles. The molecule has 2 rings (SSSR count). The number of aliphatic carboxylic acids is 1. The maximum Gasteiger partial charge on any atom is 0.326 e. The van der Waals surface area contributed by atoms with Crippen LogP contribution in [-0.4, -0.2) is 23.1 Å². The number of nitrogens with one attached hydrogen (secondary N) is 2. The summed E-state index contributed by atoms with van der Waals surface area (Å²) in [7, 11) is 0. The summed E-state index contributed by atoms with van der Waals surface area (Å²) in [5.41, 5.74) is 1.14. The van der Waals surface area contributed by atoms with Crippen molar-refractivity contribution in [2.75, 3.05) is 0 Å². The molecule has 0 aliphatic heterocycles. The lowest BCUT2D eigenvalue weighted by molar-refractivity contribution is -0.141. The van der Waals surface area contributed by atoms with E-state index >= 15 is 0 Å². The van der Waals surface area contributed by atoms with Crippen molar-refractivity contribution in [3.8, 4) is 0 Å². The van der Waals surface area contributed by atoms with Crippen LogP contribution in [0.2, 0.25) is 0 Å². The van der Waals surface area contributed by atoms with Gasteiger partial charge in [0, 0.05) is 4.88 Å². The number of rotatable bonds is 5. The average molecular weight is 310 g/mol. The molecule has 1 aromatic rings. The van der Waals surface area contributed by atoms with Gasteiger partial charge in [0.05, 0.1) is 6.54 Å². The number of carbonyl (C=O) groups excluding carboxylic acids is 1. The lowest BCUT2D eigenvalue weighted by Crippen LogP contribution is -2.50. The van der Waals surface area contributed by atoms with Gasteiger partial charge in [-0.15, -0.1) is 11.3 Å². The molecule has 0 bridgehead atoms. The second kappa shape index (κ2) is 7.45. The molecule has 3 N–H and O–H groups in total. The van der Waals surface area contributed by atoms with Crippen LogP contribution in [0.4, 0.5) is 4.79 Å². The van der Waals surface area contributed by atoms with Crippen LogP contribution in [0.1, 0.15) is 42.5 Å². The van der Waals surface area contributed by atoms with Crippen molar-refractivity contribution >= 4 is 23.3 Å². The molecule has 1 aromatic heterocycles. The fourth-order valence-corrected chi connectivity index (χ4v) is 3.63. The van der Waals surface area contributed by atoms with Crippen molar-refractivity contribution in [3.63, 3.8) is 0 Å². The highest BCUT2D eigenvalue weighted by atomic mass is 32.1. The molecule has 1 saturated carbocycles. The van der Waals surface area contributed by atoms with Crippen molar-refractivity contribution in [2.45, 2.75) is 51.6 Å². The number of hydrogen-bond acceptors (Lipinski definition) is 3. The maximum atomic E-state index is 11.9. The molecule has 0 saturated heterocycles. The van der Waals surface area contributed by atoms with Crippen molar-refractivity contribution in [1.82, 2.24) is 10.6 Å². The monoisotopic (exact) mass is 310 g/mol. The molecule has 1 unspecified atom stereocenters. The second-order valence-electron chi connectivity index (χ2n) is 5.57. The fourth-order valence-electron chi connectivity index (χ4n) is 2.79. The number of thiophene rings is 1.